The minimum atomic E-state index is -0.433. The van der Waals surface area contributed by atoms with Gasteiger partial charge in [-0.15, -0.1) is 0 Å². The van der Waals surface area contributed by atoms with Gasteiger partial charge in [0.2, 0.25) is 0 Å². The van der Waals surface area contributed by atoms with Crippen LogP contribution in [0.25, 0.3) is 6.08 Å². The zero-order valence-electron chi connectivity index (χ0n) is 9.14. The fourth-order valence-electron chi connectivity index (χ4n) is 0.962. The lowest BCUT2D eigenvalue weighted by Gasteiger charge is -2.01. The number of hydrogen-bond donors (Lipinski definition) is 1. The smallest absolute Gasteiger partial charge is 0.330 e. The van der Waals surface area contributed by atoms with E-state index in [-0.39, 0.29) is 11.8 Å². The molecule has 0 atom stereocenters. The minimum Gasteiger partial charge on any atom is -0.467 e. The molecule has 0 spiro atoms. The number of nitrogens with two attached hydrogens (primary N) is 1. The molecule has 0 radical (unpaired) electrons. The molecule has 0 aliphatic rings. The highest BCUT2D eigenvalue weighted by Crippen LogP contribution is 2.12. The molecule has 0 saturated heterocycles. The quantitative estimate of drug-likeness (QED) is 0.595. The Morgan fingerprint density at radius 3 is 2.94 bits per heavy atom. The van der Waals surface area contributed by atoms with Crippen molar-refractivity contribution < 1.29 is 14.3 Å². The lowest BCUT2D eigenvalue weighted by Crippen LogP contribution is -2.01. The molecule has 6 heteroatoms. The molecule has 1 aromatic rings. The zero-order valence-corrected chi connectivity index (χ0v) is 9.14. The molecule has 1 rings (SSSR count). The Morgan fingerprint density at radius 1 is 1.62 bits per heavy atom. The summed E-state index contributed by atoms with van der Waals surface area (Å²) >= 11 is 0. The summed E-state index contributed by atoms with van der Waals surface area (Å²) in [5.74, 6) is -0.190. The molecule has 0 aliphatic carbocycles. The van der Waals surface area contributed by atoms with Gasteiger partial charge in [-0.05, 0) is 13.0 Å². The maximum atomic E-state index is 11.0. The number of esters is 1. The second kappa shape index (κ2) is 5.69. The van der Waals surface area contributed by atoms with Crippen molar-refractivity contribution in [3.63, 3.8) is 0 Å². The minimum absolute atomic E-state index is 0.186. The maximum absolute atomic E-state index is 11.0. The number of aromatic nitrogens is 2. The highest BCUT2D eigenvalue weighted by molar-refractivity contribution is 5.87. The first kappa shape index (κ1) is 12.0. The van der Waals surface area contributed by atoms with Crippen LogP contribution in [0.3, 0.4) is 0 Å². The van der Waals surface area contributed by atoms with Crippen molar-refractivity contribution >= 4 is 17.9 Å². The summed E-state index contributed by atoms with van der Waals surface area (Å²) < 4.78 is 9.51. The summed E-state index contributed by atoms with van der Waals surface area (Å²) in [5.41, 5.74) is 6.16. The summed E-state index contributed by atoms with van der Waals surface area (Å²) in [4.78, 5) is 18.8. The van der Waals surface area contributed by atoms with Crippen LogP contribution in [0.2, 0.25) is 0 Å². The summed E-state index contributed by atoms with van der Waals surface area (Å²) in [6.07, 6.45) is 4.23. The van der Waals surface area contributed by atoms with E-state index in [0.29, 0.717) is 12.2 Å². The number of carbonyl (C=O) groups excluding carboxylic acids is 1. The van der Waals surface area contributed by atoms with E-state index < -0.39 is 5.97 Å². The van der Waals surface area contributed by atoms with E-state index >= 15 is 0 Å². The molecule has 1 aromatic heterocycles. The number of nitrogen functional groups attached to an aromatic ring is 1. The predicted molar refractivity (Wildman–Crippen MR) is 58.7 cm³/mol. The molecule has 0 aliphatic heterocycles. The van der Waals surface area contributed by atoms with Gasteiger partial charge >= 0.3 is 12.0 Å². The van der Waals surface area contributed by atoms with Gasteiger partial charge in [0.25, 0.3) is 0 Å². The first-order valence-corrected chi connectivity index (χ1v) is 4.68. The average Bonchev–Trinajstić information content (AvgIpc) is 2.27. The van der Waals surface area contributed by atoms with Crippen molar-refractivity contribution in [1.29, 1.82) is 0 Å². The normalized spacial score (nSPS) is 10.4. The SMILES string of the molecule is CCOC(=O)/C=C/c1cnc(OC)nc1N. The number of ether oxygens (including phenoxy) is 2. The summed E-state index contributed by atoms with van der Waals surface area (Å²) in [6, 6.07) is 0.186. The van der Waals surface area contributed by atoms with Crippen molar-refractivity contribution in [2.75, 3.05) is 19.5 Å². The predicted octanol–water partition coefficient (Wildman–Crippen LogP) is 0.644. The topological polar surface area (TPSA) is 87.3 Å². The molecule has 0 aromatic carbocycles. The van der Waals surface area contributed by atoms with Gasteiger partial charge in [0.05, 0.1) is 13.7 Å². The van der Waals surface area contributed by atoms with E-state index in [1.54, 1.807) is 6.92 Å². The van der Waals surface area contributed by atoms with Crippen LogP contribution in [0, 0.1) is 0 Å². The van der Waals surface area contributed by atoms with Gasteiger partial charge in [0, 0.05) is 17.8 Å². The van der Waals surface area contributed by atoms with E-state index in [2.05, 4.69) is 9.97 Å². The lowest BCUT2D eigenvalue weighted by molar-refractivity contribution is -0.137. The van der Waals surface area contributed by atoms with Crippen LogP contribution in [-0.2, 0) is 9.53 Å². The third-order valence-electron chi connectivity index (χ3n) is 1.69. The van der Waals surface area contributed by atoms with Crippen LogP contribution < -0.4 is 10.5 Å². The number of rotatable bonds is 4. The van der Waals surface area contributed by atoms with E-state index in [4.69, 9.17) is 15.2 Å². The van der Waals surface area contributed by atoms with Crippen molar-refractivity contribution in [3.05, 3.63) is 17.8 Å². The zero-order chi connectivity index (χ0) is 12.0. The number of methoxy groups -OCH3 is 1. The standard InChI is InChI=1S/C10H13N3O3/c1-3-16-8(14)5-4-7-6-12-10(15-2)13-9(7)11/h4-6H,3H2,1-2H3,(H2,11,12,13)/b5-4+. The molecule has 0 bridgehead atoms. The van der Waals surface area contributed by atoms with Gasteiger partial charge in [-0.25, -0.2) is 9.78 Å². The Hall–Kier alpha value is -2.11. The fraction of sp³-hybridized carbons (Fsp3) is 0.300. The van der Waals surface area contributed by atoms with Crippen LogP contribution in [0.4, 0.5) is 5.82 Å². The molecule has 16 heavy (non-hydrogen) atoms. The Labute approximate surface area is 93.1 Å². The van der Waals surface area contributed by atoms with Crippen molar-refractivity contribution in [2.45, 2.75) is 6.92 Å². The molecule has 86 valence electrons. The largest absolute Gasteiger partial charge is 0.467 e. The van der Waals surface area contributed by atoms with Crippen molar-refractivity contribution in [1.82, 2.24) is 9.97 Å². The molecular formula is C10H13N3O3. The molecule has 0 saturated carbocycles. The monoisotopic (exact) mass is 223 g/mol. The Bertz CT molecular complexity index is 404. The molecular weight excluding hydrogens is 210 g/mol. The second-order valence-electron chi connectivity index (χ2n) is 2.78. The number of anilines is 1. The van der Waals surface area contributed by atoms with Gasteiger partial charge < -0.3 is 15.2 Å². The van der Waals surface area contributed by atoms with E-state index in [9.17, 15) is 4.79 Å². The highest BCUT2D eigenvalue weighted by Gasteiger charge is 2.02. The third-order valence-corrected chi connectivity index (χ3v) is 1.69. The third kappa shape index (κ3) is 3.23. The van der Waals surface area contributed by atoms with Gasteiger partial charge in [0.1, 0.15) is 5.82 Å². The molecule has 0 fully saturated rings. The number of nitrogens with zero attached hydrogens (tertiary/aromatic N) is 2. The van der Waals surface area contributed by atoms with E-state index in [1.165, 1.54) is 25.5 Å². The lowest BCUT2D eigenvalue weighted by atomic mass is 10.3. The Kier molecular flexibility index (Phi) is 4.26. The summed E-state index contributed by atoms with van der Waals surface area (Å²) in [7, 11) is 1.45. The highest BCUT2D eigenvalue weighted by atomic mass is 16.5. The van der Waals surface area contributed by atoms with Crippen molar-refractivity contribution in [3.8, 4) is 6.01 Å². The van der Waals surface area contributed by atoms with Crippen LogP contribution >= 0.6 is 0 Å². The van der Waals surface area contributed by atoms with Gasteiger partial charge in [0.15, 0.2) is 0 Å². The van der Waals surface area contributed by atoms with Crippen LogP contribution in [0.15, 0.2) is 12.3 Å². The fourth-order valence-corrected chi connectivity index (χ4v) is 0.962. The molecule has 0 amide bonds. The maximum Gasteiger partial charge on any atom is 0.330 e. The number of hydrogen-bond acceptors (Lipinski definition) is 6. The first-order chi connectivity index (χ1) is 7.67. The summed E-state index contributed by atoms with van der Waals surface area (Å²) in [5, 5.41) is 0. The summed E-state index contributed by atoms with van der Waals surface area (Å²) in [6.45, 7) is 2.06. The van der Waals surface area contributed by atoms with Crippen molar-refractivity contribution in [2.24, 2.45) is 0 Å². The molecule has 1 heterocycles. The molecule has 0 unspecified atom stereocenters. The first-order valence-electron chi connectivity index (χ1n) is 4.68. The molecule has 6 nitrogen and oxygen atoms in total. The van der Waals surface area contributed by atoms with Gasteiger partial charge in [-0.2, -0.15) is 4.98 Å². The molecule has 2 N–H and O–H groups in total. The Morgan fingerprint density at radius 2 is 2.38 bits per heavy atom. The Balaban J connectivity index is 2.78. The van der Waals surface area contributed by atoms with E-state index in [0.717, 1.165) is 0 Å². The van der Waals surface area contributed by atoms with Gasteiger partial charge in [-0.3, -0.25) is 0 Å². The average molecular weight is 223 g/mol. The van der Waals surface area contributed by atoms with E-state index in [1.807, 2.05) is 0 Å². The van der Waals surface area contributed by atoms with Gasteiger partial charge in [-0.1, -0.05) is 0 Å². The van der Waals surface area contributed by atoms with Crippen LogP contribution in [-0.4, -0.2) is 29.7 Å². The number of carbonyl (C=O) groups is 1. The van der Waals surface area contributed by atoms with Crippen LogP contribution in [0.1, 0.15) is 12.5 Å². The van der Waals surface area contributed by atoms with Crippen LogP contribution in [0.5, 0.6) is 6.01 Å². The second-order valence-corrected chi connectivity index (χ2v) is 2.78.